The molecule has 0 bridgehead atoms. The van der Waals surface area contributed by atoms with Crippen LogP contribution in [-0.4, -0.2) is 38.4 Å². The van der Waals surface area contributed by atoms with Gasteiger partial charge in [-0.2, -0.15) is 0 Å². The minimum atomic E-state index is 0. The molecule has 3 unspecified atom stereocenters. The summed E-state index contributed by atoms with van der Waals surface area (Å²) >= 11 is 0. The highest BCUT2D eigenvalue weighted by molar-refractivity contribution is 14.0. The number of guanidine groups is 1. The predicted molar refractivity (Wildman–Crippen MR) is 137 cm³/mol. The molecule has 0 aromatic heterocycles. The molecular formula is C25H34IN3O2. The Balaban J connectivity index is 0.00000272. The molecule has 168 valence electrons. The number of nitrogens with zero attached hydrogens (tertiary/aromatic N) is 1. The van der Waals surface area contributed by atoms with E-state index in [1.54, 1.807) is 0 Å². The Labute approximate surface area is 203 Å². The van der Waals surface area contributed by atoms with Gasteiger partial charge in [-0.15, -0.1) is 24.0 Å². The van der Waals surface area contributed by atoms with Gasteiger partial charge in [-0.3, -0.25) is 0 Å². The fraction of sp³-hybridized carbons (Fsp3) is 0.480. The number of rotatable bonds is 8. The van der Waals surface area contributed by atoms with Crippen LogP contribution in [0.2, 0.25) is 0 Å². The first-order chi connectivity index (χ1) is 14.7. The van der Waals surface area contributed by atoms with E-state index in [0.717, 1.165) is 49.9 Å². The summed E-state index contributed by atoms with van der Waals surface area (Å²) in [6, 6.07) is 17.5. The lowest BCUT2D eigenvalue weighted by atomic mass is 10.1. The summed E-state index contributed by atoms with van der Waals surface area (Å²) < 4.78 is 11.6. The lowest BCUT2D eigenvalue weighted by Crippen LogP contribution is -2.39. The van der Waals surface area contributed by atoms with Gasteiger partial charge in [-0.05, 0) is 43.9 Å². The van der Waals surface area contributed by atoms with Crippen molar-refractivity contribution in [3.63, 3.8) is 0 Å². The predicted octanol–water partition coefficient (Wildman–Crippen LogP) is 4.64. The molecule has 2 aromatic carbocycles. The van der Waals surface area contributed by atoms with Crippen LogP contribution in [-0.2, 0) is 11.3 Å². The molecule has 0 radical (unpaired) electrons. The van der Waals surface area contributed by atoms with Crippen molar-refractivity contribution in [2.24, 2.45) is 10.9 Å². The number of hydrogen-bond donors (Lipinski definition) is 2. The molecule has 5 nitrogen and oxygen atoms in total. The summed E-state index contributed by atoms with van der Waals surface area (Å²) in [6.07, 6.45) is 2.23. The molecule has 2 aliphatic rings. The van der Waals surface area contributed by atoms with Crippen LogP contribution >= 0.6 is 24.0 Å². The van der Waals surface area contributed by atoms with E-state index in [4.69, 9.17) is 14.5 Å². The topological polar surface area (TPSA) is 54.9 Å². The zero-order chi connectivity index (χ0) is 20.8. The van der Waals surface area contributed by atoms with Crippen LogP contribution in [0, 0.1) is 12.8 Å². The monoisotopic (exact) mass is 535 g/mol. The average molecular weight is 535 g/mol. The van der Waals surface area contributed by atoms with E-state index in [2.05, 4.69) is 73.0 Å². The first-order valence-corrected chi connectivity index (χ1v) is 11.1. The van der Waals surface area contributed by atoms with Crippen LogP contribution < -0.4 is 15.4 Å². The second-order valence-electron chi connectivity index (χ2n) is 8.35. The van der Waals surface area contributed by atoms with E-state index in [1.165, 1.54) is 11.1 Å². The van der Waals surface area contributed by atoms with Gasteiger partial charge in [-0.25, -0.2) is 4.99 Å². The van der Waals surface area contributed by atoms with Crippen LogP contribution in [0.3, 0.4) is 0 Å². The molecule has 0 amide bonds. The summed E-state index contributed by atoms with van der Waals surface area (Å²) in [4.78, 5) is 4.85. The van der Waals surface area contributed by atoms with Crippen molar-refractivity contribution in [1.82, 2.24) is 10.6 Å². The molecule has 2 aromatic rings. The normalized spacial score (nSPS) is 22.5. The highest BCUT2D eigenvalue weighted by Crippen LogP contribution is 2.40. The average Bonchev–Trinajstić information content (AvgIpc) is 3.33. The van der Waals surface area contributed by atoms with Gasteiger partial charge in [0.25, 0.3) is 0 Å². The second kappa shape index (κ2) is 11.7. The summed E-state index contributed by atoms with van der Waals surface area (Å²) in [5, 5.41) is 6.99. The standard InChI is InChI=1S/C25H33N3O2.HI/c1-3-26-25(28-23-14-22(23)20-7-5-4-6-8-20)27-15-21-10-9-18(2)13-24(21)30-17-19-11-12-29-16-19;/h4-10,13,19,22-23H,3,11-12,14-17H2,1-2H3,(H2,26,27,28);1H. The number of nitrogens with one attached hydrogen (secondary N) is 2. The largest absolute Gasteiger partial charge is 0.493 e. The summed E-state index contributed by atoms with van der Waals surface area (Å²) in [7, 11) is 0. The van der Waals surface area contributed by atoms with Gasteiger partial charge in [0, 0.05) is 36.6 Å². The molecule has 1 saturated heterocycles. The minimum Gasteiger partial charge on any atom is -0.493 e. The van der Waals surface area contributed by atoms with E-state index in [0.29, 0.717) is 31.0 Å². The molecule has 6 heteroatoms. The second-order valence-corrected chi connectivity index (χ2v) is 8.35. The molecule has 0 spiro atoms. The van der Waals surface area contributed by atoms with E-state index < -0.39 is 0 Å². The minimum absolute atomic E-state index is 0. The number of halogens is 1. The van der Waals surface area contributed by atoms with Gasteiger partial charge in [-0.1, -0.05) is 42.5 Å². The molecule has 1 aliphatic carbocycles. The third kappa shape index (κ3) is 6.84. The molecule has 4 rings (SSSR count). The third-order valence-electron chi connectivity index (χ3n) is 5.81. The van der Waals surface area contributed by atoms with E-state index in [-0.39, 0.29) is 24.0 Å². The molecule has 1 saturated carbocycles. The number of hydrogen-bond acceptors (Lipinski definition) is 3. The molecular weight excluding hydrogens is 501 g/mol. The van der Waals surface area contributed by atoms with Crippen molar-refractivity contribution >= 4 is 29.9 Å². The molecule has 1 heterocycles. The van der Waals surface area contributed by atoms with Gasteiger partial charge in [0.15, 0.2) is 5.96 Å². The first kappa shape index (κ1) is 23.9. The molecule has 2 N–H and O–H groups in total. The maximum atomic E-state index is 6.17. The Morgan fingerprint density at radius 2 is 2.03 bits per heavy atom. The molecule has 3 atom stereocenters. The Bertz CT molecular complexity index is 853. The number of ether oxygens (including phenoxy) is 2. The van der Waals surface area contributed by atoms with Crippen LogP contribution in [0.5, 0.6) is 5.75 Å². The quantitative estimate of drug-likeness (QED) is 0.294. The number of aliphatic imine (C=N–C) groups is 1. The van der Waals surface area contributed by atoms with Crippen LogP contribution in [0.4, 0.5) is 0 Å². The highest BCUT2D eigenvalue weighted by Gasteiger charge is 2.38. The van der Waals surface area contributed by atoms with Crippen molar-refractivity contribution in [1.29, 1.82) is 0 Å². The summed E-state index contributed by atoms with van der Waals surface area (Å²) in [5.41, 5.74) is 3.72. The van der Waals surface area contributed by atoms with Gasteiger partial charge in [0.1, 0.15) is 5.75 Å². The zero-order valence-electron chi connectivity index (χ0n) is 18.5. The fourth-order valence-corrected chi connectivity index (χ4v) is 3.93. The van der Waals surface area contributed by atoms with Crippen molar-refractivity contribution in [3.05, 3.63) is 65.2 Å². The molecule has 1 aliphatic heterocycles. The maximum Gasteiger partial charge on any atom is 0.191 e. The van der Waals surface area contributed by atoms with E-state index in [9.17, 15) is 0 Å². The van der Waals surface area contributed by atoms with Gasteiger partial charge in [0.2, 0.25) is 0 Å². The van der Waals surface area contributed by atoms with Crippen LogP contribution in [0.25, 0.3) is 0 Å². The SMILES string of the molecule is CCNC(=NCc1ccc(C)cc1OCC1CCOC1)NC1CC1c1ccccc1.I. The van der Waals surface area contributed by atoms with Gasteiger partial charge in [0.05, 0.1) is 19.8 Å². The Kier molecular flexibility index (Phi) is 9.02. The highest BCUT2D eigenvalue weighted by atomic mass is 127. The smallest absolute Gasteiger partial charge is 0.191 e. The fourth-order valence-electron chi connectivity index (χ4n) is 3.93. The van der Waals surface area contributed by atoms with E-state index in [1.807, 2.05) is 0 Å². The van der Waals surface area contributed by atoms with Crippen molar-refractivity contribution in [2.75, 3.05) is 26.4 Å². The summed E-state index contributed by atoms with van der Waals surface area (Å²) in [6.45, 7) is 7.99. The lowest BCUT2D eigenvalue weighted by Gasteiger charge is -2.15. The van der Waals surface area contributed by atoms with Crippen LogP contribution in [0.1, 0.15) is 42.4 Å². The third-order valence-corrected chi connectivity index (χ3v) is 5.81. The number of aryl methyl sites for hydroxylation is 1. The van der Waals surface area contributed by atoms with Crippen LogP contribution in [0.15, 0.2) is 53.5 Å². The maximum absolute atomic E-state index is 6.17. The molecule has 2 fully saturated rings. The first-order valence-electron chi connectivity index (χ1n) is 11.1. The lowest BCUT2D eigenvalue weighted by molar-refractivity contribution is 0.166. The van der Waals surface area contributed by atoms with Crippen molar-refractivity contribution in [2.45, 2.75) is 45.2 Å². The summed E-state index contributed by atoms with van der Waals surface area (Å²) in [5.74, 6) is 2.87. The zero-order valence-corrected chi connectivity index (χ0v) is 20.8. The van der Waals surface area contributed by atoms with Gasteiger partial charge >= 0.3 is 0 Å². The molecule has 31 heavy (non-hydrogen) atoms. The Hall–Kier alpha value is -1.80. The van der Waals surface area contributed by atoms with Gasteiger partial charge < -0.3 is 20.1 Å². The Morgan fingerprint density at radius 1 is 1.19 bits per heavy atom. The number of benzene rings is 2. The van der Waals surface area contributed by atoms with Crippen molar-refractivity contribution < 1.29 is 9.47 Å². The van der Waals surface area contributed by atoms with Crippen molar-refractivity contribution in [3.8, 4) is 5.75 Å². The van der Waals surface area contributed by atoms with E-state index >= 15 is 0 Å². The Morgan fingerprint density at radius 3 is 2.77 bits per heavy atom.